The number of anilines is 1. The number of alkyl halides is 1. The second kappa shape index (κ2) is 2.72. The van der Waals surface area contributed by atoms with Gasteiger partial charge in [0.25, 0.3) is 0 Å². The molecule has 0 aromatic carbocycles. The van der Waals surface area contributed by atoms with Crippen molar-refractivity contribution in [3.05, 3.63) is 12.5 Å². The fourth-order valence-electron chi connectivity index (χ4n) is 0.881. The molecule has 2 N–H and O–H groups in total. The predicted octanol–water partition coefficient (Wildman–Crippen LogP) is 0.692. The summed E-state index contributed by atoms with van der Waals surface area (Å²) in [7, 11) is 0. The maximum atomic E-state index is 11.8. The Balaban J connectivity index is 2.46. The van der Waals surface area contributed by atoms with Crippen molar-refractivity contribution in [2.24, 2.45) is 0 Å². The summed E-state index contributed by atoms with van der Waals surface area (Å²) in [6.45, 7) is -0.685. The molecule has 2 aromatic heterocycles. The smallest absolute Gasteiger partial charge is 0.226 e. The minimum atomic E-state index is -0.685. The van der Waals surface area contributed by atoms with Crippen LogP contribution in [0.1, 0.15) is 0 Å². The zero-order chi connectivity index (χ0) is 8.39. The van der Waals surface area contributed by atoms with Crippen molar-refractivity contribution in [3.8, 4) is 0 Å². The van der Waals surface area contributed by atoms with Crippen LogP contribution in [0, 0.1) is 0 Å². The molecule has 0 aliphatic rings. The maximum Gasteiger partial charge on any atom is 0.226 e. The minimum Gasteiger partial charge on any atom is -0.342 e. The number of fused-ring (bicyclic) bond motifs is 1. The van der Waals surface area contributed by atoms with Crippen molar-refractivity contribution in [2.45, 2.75) is 0 Å². The Kier molecular flexibility index (Phi) is 1.58. The number of nitrogens with zero attached hydrogens (tertiary/aromatic N) is 3. The summed E-state index contributed by atoms with van der Waals surface area (Å²) in [5.41, 5.74) is 1.26. The number of rotatable bonds is 2. The average molecular weight is 167 g/mol. The van der Waals surface area contributed by atoms with E-state index in [1.165, 1.54) is 6.33 Å². The van der Waals surface area contributed by atoms with E-state index in [-0.39, 0.29) is 5.95 Å². The maximum absolute atomic E-state index is 11.8. The van der Waals surface area contributed by atoms with Gasteiger partial charge in [-0.3, -0.25) is 0 Å². The van der Waals surface area contributed by atoms with Gasteiger partial charge < -0.3 is 10.3 Å². The molecular weight excluding hydrogens is 161 g/mol. The normalized spacial score (nSPS) is 10.4. The first-order valence-corrected chi connectivity index (χ1v) is 3.36. The number of hydrogen-bond acceptors (Lipinski definition) is 4. The molecule has 2 aromatic rings. The van der Waals surface area contributed by atoms with Gasteiger partial charge in [-0.2, -0.15) is 4.98 Å². The lowest BCUT2D eigenvalue weighted by Gasteiger charge is -1.96. The van der Waals surface area contributed by atoms with E-state index in [1.807, 2.05) is 0 Å². The summed E-state index contributed by atoms with van der Waals surface area (Å²) in [6, 6.07) is 0. The van der Waals surface area contributed by atoms with Crippen LogP contribution in [0.25, 0.3) is 11.2 Å². The topological polar surface area (TPSA) is 66.5 Å². The van der Waals surface area contributed by atoms with Crippen LogP contribution in [0.2, 0.25) is 0 Å². The third kappa shape index (κ3) is 1.07. The molecule has 0 fully saturated rings. The SMILES string of the molecule is FCNc1ncc2[nH]cnc2n1. The molecule has 0 aliphatic carbocycles. The molecule has 0 atom stereocenters. The van der Waals surface area contributed by atoms with Gasteiger partial charge in [-0.1, -0.05) is 0 Å². The van der Waals surface area contributed by atoms with Crippen LogP contribution in [0.5, 0.6) is 0 Å². The quantitative estimate of drug-likeness (QED) is 0.646. The van der Waals surface area contributed by atoms with Gasteiger partial charge in [0.1, 0.15) is 5.52 Å². The highest BCUT2D eigenvalue weighted by Crippen LogP contribution is 2.06. The third-order valence-corrected chi connectivity index (χ3v) is 1.40. The van der Waals surface area contributed by atoms with E-state index in [1.54, 1.807) is 6.20 Å². The highest BCUT2D eigenvalue weighted by molar-refractivity contribution is 5.69. The van der Waals surface area contributed by atoms with Gasteiger partial charge in [0, 0.05) is 0 Å². The number of halogens is 1. The molecule has 2 rings (SSSR count). The first-order chi connectivity index (χ1) is 5.90. The average Bonchev–Trinajstić information content (AvgIpc) is 2.51. The number of imidazole rings is 1. The Bertz CT molecular complexity index is 384. The first-order valence-electron chi connectivity index (χ1n) is 3.36. The van der Waals surface area contributed by atoms with Crippen LogP contribution in [0.3, 0.4) is 0 Å². The van der Waals surface area contributed by atoms with E-state index >= 15 is 0 Å². The summed E-state index contributed by atoms with van der Waals surface area (Å²) in [5, 5.41) is 2.35. The molecule has 0 spiro atoms. The van der Waals surface area contributed by atoms with Crippen molar-refractivity contribution in [3.63, 3.8) is 0 Å². The van der Waals surface area contributed by atoms with E-state index in [0.29, 0.717) is 5.65 Å². The molecule has 0 saturated carbocycles. The van der Waals surface area contributed by atoms with Crippen LogP contribution >= 0.6 is 0 Å². The van der Waals surface area contributed by atoms with E-state index in [2.05, 4.69) is 25.3 Å². The Morgan fingerprint density at radius 3 is 3.25 bits per heavy atom. The molecule has 0 radical (unpaired) electrons. The van der Waals surface area contributed by atoms with Crippen molar-refractivity contribution < 1.29 is 4.39 Å². The summed E-state index contributed by atoms with van der Waals surface area (Å²) < 4.78 is 11.8. The highest BCUT2D eigenvalue weighted by Gasteiger charge is 1.99. The highest BCUT2D eigenvalue weighted by atomic mass is 19.1. The second-order valence-electron chi connectivity index (χ2n) is 2.14. The van der Waals surface area contributed by atoms with Crippen LogP contribution < -0.4 is 5.32 Å². The Morgan fingerprint density at radius 2 is 2.42 bits per heavy atom. The van der Waals surface area contributed by atoms with E-state index < -0.39 is 6.80 Å². The molecule has 5 nitrogen and oxygen atoms in total. The monoisotopic (exact) mass is 167 g/mol. The van der Waals surface area contributed by atoms with Gasteiger partial charge in [0.15, 0.2) is 12.4 Å². The molecular formula is C6H6FN5. The summed E-state index contributed by atoms with van der Waals surface area (Å²) >= 11 is 0. The second-order valence-corrected chi connectivity index (χ2v) is 2.14. The van der Waals surface area contributed by atoms with Crippen LogP contribution in [-0.4, -0.2) is 26.7 Å². The van der Waals surface area contributed by atoms with Crippen molar-refractivity contribution >= 4 is 17.1 Å². The summed E-state index contributed by atoms with van der Waals surface area (Å²) in [5.74, 6) is 0.247. The van der Waals surface area contributed by atoms with Crippen molar-refractivity contribution in [1.29, 1.82) is 0 Å². The van der Waals surface area contributed by atoms with Crippen LogP contribution in [0.4, 0.5) is 10.3 Å². The molecule has 0 bridgehead atoms. The summed E-state index contributed by atoms with van der Waals surface area (Å²) in [4.78, 5) is 14.5. The molecule has 12 heavy (non-hydrogen) atoms. The number of H-pyrrole nitrogens is 1. The molecule has 6 heteroatoms. The Morgan fingerprint density at radius 1 is 1.50 bits per heavy atom. The molecule has 2 heterocycles. The number of aromatic nitrogens is 4. The Hall–Kier alpha value is -1.72. The van der Waals surface area contributed by atoms with Gasteiger partial charge in [-0.05, 0) is 0 Å². The molecule has 62 valence electrons. The molecule has 0 aliphatic heterocycles. The fraction of sp³-hybridized carbons (Fsp3) is 0.167. The Labute approximate surface area is 67.1 Å². The van der Waals surface area contributed by atoms with Crippen LogP contribution in [-0.2, 0) is 0 Å². The van der Waals surface area contributed by atoms with E-state index in [0.717, 1.165) is 5.52 Å². The zero-order valence-electron chi connectivity index (χ0n) is 6.08. The van der Waals surface area contributed by atoms with E-state index in [4.69, 9.17) is 0 Å². The standard InChI is InChI=1S/C6H6FN5/c7-2-9-6-8-1-4-5(12-6)11-3-10-4/h1,3H,2H2,(H2,8,9,10,11,12). The fourth-order valence-corrected chi connectivity index (χ4v) is 0.881. The largest absolute Gasteiger partial charge is 0.342 e. The zero-order valence-corrected chi connectivity index (χ0v) is 6.08. The minimum absolute atomic E-state index is 0.247. The van der Waals surface area contributed by atoms with Gasteiger partial charge in [-0.25, -0.2) is 14.4 Å². The molecule has 0 saturated heterocycles. The summed E-state index contributed by atoms with van der Waals surface area (Å²) in [6.07, 6.45) is 3.06. The van der Waals surface area contributed by atoms with Gasteiger partial charge in [-0.15, -0.1) is 0 Å². The van der Waals surface area contributed by atoms with Gasteiger partial charge in [0.05, 0.1) is 12.5 Å². The number of aromatic amines is 1. The van der Waals surface area contributed by atoms with Crippen molar-refractivity contribution in [2.75, 3.05) is 12.1 Å². The first kappa shape index (κ1) is 6.96. The van der Waals surface area contributed by atoms with Crippen molar-refractivity contribution in [1.82, 2.24) is 19.9 Å². The molecule has 0 unspecified atom stereocenters. The lowest BCUT2D eigenvalue weighted by molar-refractivity contribution is 0.534. The lowest BCUT2D eigenvalue weighted by Crippen LogP contribution is -2.00. The third-order valence-electron chi connectivity index (χ3n) is 1.40. The van der Waals surface area contributed by atoms with Gasteiger partial charge >= 0.3 is 0 Å². The van der Waals surface area contributed by atoms with E-state index in [9.17, 15) is 4.39 Å². The molecule has 0 amide bonds. The number of hydrogen-bond donors (Lipinski definition) is 2. The predicted molar refractivity (Wildman–Crippen MR) is 41.3 cm³/mol. The van der Waals surface area contributed by atoms with Gasteiger partial charge in [0.2, 0.25) is 5.95 Å². The van der Waals surface area contributed by atoms with Crippen LogP contribution in [0.15, 0.2) is 12.5 Å². The lowest BCUT2D eigenvalue weighted by atomic mass is 10.6. The number of nitrogens with one attached hydrogen (secondary N) is 2.